The van der Waals surface area contributed by atoms with Gasteiger partial charge in [-0.05, 0) is 37.4 Å². The molecule has 6 heteroatoms. The minimum atomic E-state index is 0. The first-order chi connectivity index (χ1) is 12.8. The van der Waals surface area contributed by atoms with Gasteiger partial charge in [0.2, 0.25) is 5.75 Å². The van der Waals surface area contributed by atoms with Gasteiger partial charge in [-0.1, -0.05) is 38.1 Å². The number of halogens is 1. The molecule has 1 aromatic heterocycles. The summed E-state index contributed by atoms with van der Waals surface area (Å²) in [7, 11) is 0. The molecule has 0 radical (unpaired) electrons. The molecule has 0 fully saturated rings. The van der Waals surface area contributed by atoms with Gasteiger partial charge in [-0.15, -0.1) is 12.4 Å². The molecular formula is C21H24ClN3O2. The van der Waals surface area contributed by atoms with Crippen molar-refractivity contribution in [1.82, 2.24) is 9.88 Å². The van der Waals surface area contributed by atoms with Crippen LogP contribution >= 0.6 is 12.4 Å². The van der Waals surface area contributed by atoms with Crippen LogP contribution in [0.4, 0.5) is 5.82 Å². The Morgan fingerprint density at radius 1 is 0.889 bits per heavy atom. The van der Waals surface area contributed by atoms with Gasteiger partial charge in [0.15, 0.2) is 23.1 Å². The molecule has 0 atom stereocenters. The Labute approximate surface area is 165 Å². The number of anilines is 1. The average Bonchev–Trinajstić information content (AvgIpc) is 2.70. The second-order valence-corrected chi connectivity index (χ2v) is 6.24. The highest BCUT2D eigenvalue weighted by Crippen LogP contribution is 2.50. The lowest BCUT2D eigenvalue weighted by atomic mass is 10.1. The minimum Gasteiger partial charge on any atom is -0.449 e. The summed E-state index contributed by atoms with van der Waals surface area (Å²) in [6.07, 6.45) is 0. The molecule has 2 heterocycles. The fourth-order valence-corrected chi connectivity index (χ4v) is 3.19. The topological polar surface area (TPSA) is 46.6 Å². The Balaban J connectivity index is 0.00000210. The summed E-state index contributed by atoms with van der Waals surface area (Å²) in [6.45, 7) is 8.17. The van der Waals surface area contributed by atoms with Crippen molar-refractivity contribution in [3.05, 3.63) is 48.5 Å². The van der Waals surface area contributed by atoms with Gasteiger partial charge in [0.25, 0.3) is 0 Å². The SMILES string of the molecule is CCN(CC)CCNc1nc2ccccc2c2c1Oc1ccccc1O2.Cl. The van der Waals surface area contributed by atoms with E-state index in [1.807, 2.05) is 48.5 Å². The molecule has 0 saturated carbocycles. The fraction of sp³-hybridized carbons (Fsp3) is 0.286. The third kappa shape index (κ3) is 3.80. The van der Waals surface area contributed by atoms with E-state index < -0.39 is 0 Å². The summed E-state index contributed by atoms with van der Waals surface area (Å²) in [5, 5.41) is 4.39. The van der Waals surface area contributed by atoms with Gasteiger partial charge < -0.3 is 19.7 Å². The van der Waals surface area contributed by atoms with E-state index in [0.717, 1.165) is 54.4 Å². The number of likely N-dealkylation sites (N-methyl/N-ethyl adjacent to an activating group) is 1. The number of fused-ring (bicyclic) bond motifs is 4. The number of ether oxygens (including phenoxy) is 2. The van der Waals surface area contributed by atoms with E-state index >= 15 is 0 Å². The number of nitrogens with zero attached hydrogens (tertiary/aromatic N) is 2. The van der Waals surface area contributed by atoms with Crippen molar-refractivity contribution in [3.8, 4) is 23.0 Å². The smallest absolute Gasteiger partial charge is 0.212 e. The zero-order chi connectivity index (χ0) is 17.9. The van der Waals surface area contributed by atoms with Crippen LogP contribution in [0.15, 0.2) is 48.5 Å². The van der Waals surface area contributed by atoms with Crippen molar-refractivity contribution in [2.24, 2.45) is 0 Å². The van der Waals surface area contributed by atoms with Gasteiger partial charge >= 0.3 is 0 Å². The van der Waals surface area contributed by atoms with Crippen LogP contribution in [0.2, 0.25) is 0 Å². The number of aromatic nitrogens is 1. The number of pyridine rings is 1. The van der Waals surface area contributed by atoms with Crippen molar-refractivity contribution in [3.63, 3.8) is 0 Å². The maximum atomic E-state index is 6.19. The molecule has 0 spiro atoms. The van der Waals surface area contributed by atoms with E-state index in [1.165, 1.54) is 0 Å². The summed E-state index contributed by atoms with van der Waals surface area (Å²) in [6, 6.07) is 15.7. The zero-order valence-corrected chi connectivity index (χ0v) is 16.4. The van der Waals surface area contributed by atoms with Crippen LogP contribution < -0.4 is 14.8 Å². The quantitative estimate of drug-likeness (QED) is 0.487. The Hall–Kier alpha value is -2.50. The molecule has 1 aliphatic heterocycles. The highest BCUT2D eigenvalue weighted by molar-refractivity contribution is 5.92. The largest absolute Gasteiger partial charge is 0.449 e. The van der Waals surface area contributed by atoms with Crippen LogP contribution in [0.1, 0.15) is 13.8 Å². The van der Waals surface area contributed by atoms with Gasteiger partial charge in [0, 0.05) is 18.5 Å². The second kappa shape index (κ2) is 8.46. The van der Waals surface area contributed by atoms with Gasteiger partial charge in [0.1, 0.15) is 0 Å². The molecule has 0 aliphatic carbocycles. The molecule has 0 amide bonds. The third-order valence-corrected chi connectivity index (χ3v) is 4.69. The fourth-order valence-electron chi connectivity index (χ4n) is 3.19. The van der Waals surface area contributed by atoms with Crippen molar-refractivity contribution in [2.75, 3.05) is 31.5 Å². The van der Waals surface area contributed by atoms with Crippen LogP contribution in [-0.2, 0) is 0 Å². The Morgan fingerprint density at radius 3 is 2.22 bits per heavy atom. The lowest BCUT2D eigenvalue weighted by Gasteiger charge is -2.24. The highest BCUT2D eigenvalue weighted by atomic mass is 35.5. The van der Waals surface area contributed by atoms with Crippen LogP contribution in [0.25, 0.3) is 10.9 Å². The van der Waals surface area contributed by atoms with Crippen molar-refractivity contribution >= 4 is 29.1 Å². The van der Waals surface area contributed by atoms with Crippen molar-refractivity contribution < 1.29 is 9.47 Å². The van der Waals surface area contributed by atoms with Crippen LogP contribution in [-0.4, -0.2) is 36.1 Å². The van der Waals surface area contributed by atoms with Crippen molar-refractivity contribution in [2.45, 2.75) is 13.8 Å². The number of hydrogen-bond donors (Lipinski definition) is 1. The zero-order valence-electron chi connectivity index (χ0n) is 15.6. The molecular weight excluding hydrogens is 362 g/mol. The van der Waals surface area contributed by atoms with Gasteiger partial charge in [-0.2, -0.15) is 0 Å². The van der Waals surface area contributed by atoms with Crippen molar-refractivity contribution in [1.29, 1.82) is 0 Å². The van der Waals surface area contributed by atoms with E-state index in [4.69, 9.17) is 14.5 Å². The first-order valence-electron chi connectivity index (χ1n) is 9.13. The second-order valence-electron chi connectivity index (χ2n) is 6.24. The summed E-state index contributed by atoms with van der Waals surface area (Å²) in [5.41, 5.74) is 0.888. The molecule has 27 heavy (non-hydrogen) atoms. The molecule has 2 aromatic carbocycles. The summed E-state index contributed by atoms with van der Waals surface area (Å²) < 4.78 is 12.3. The predicted octanol–water partition coefficient (Wildman–Crippen LogP) is 5.31. The Bertz CT molecular complexity index is 928. The molecule has 1 aliphatic rings. The van der Waals surface area contributed by atoms with Gasteiger partial charge in [-0.25, -0.2) is 4.98 Å². The van der Waals surface area contributed by atoms with Crippen LogP contribution in [0.5, 0.6) is 23.0 Å². The number of benzene rings is 2. The molecule has 3 aromatic rings. The van der Waals surface area contributed by atoms with E-state index in [2.05, 4.69) is 24.1 Å². The lowest BCUT2D eigenvalue weighted by molar-refractivity contribution is 0.315. The Morgan fingerprint density at radius 2 is 1.52 bits per heavy atom. The van der Waals surface area contributed by atoms with E-state index in [1.54, 1.807) is 0 Å². The predicted molar refractivity (Wildman–Crippen MR) is 112 cm³/mol. The van der Waals surface area contributed by atoms with Crippen LogP contribution in [0.3, 0.4) is 0 Å². The molecule has 0 bridgehead atoms. The number of para-hydroxylation sites is 3. The monoisotopic (exact) mass is 385 g/mol. The summed E-state index contributed by atoms with van der Waals surface area (Å²) in [5.74, 6) is 3.54. The number of rotatable bonds is 6. The number of hydrogen-bond acceptors (Lipinski definition) is 5. The van der Waals surface area contributed by atoms with E-state index in [9.17, 15) is 0 Å². The maximum absolute atomic E-state index is 6.19. The first kappa shape index (κ1) is 19.3. The normalized spacial score (nSPS) is 11.8. The first-order valence-corrected chi connectivity index (χ1v) is 9.13. The standard InChI is InChI=1S/C21H23N3O2.ClH/c1-3-24(4-2)14-13-22-21-20-19(15-9-5-6-10-16(15)23-21)25-17-11-7-8-12-18(17)26-20;/h5-12H,3-4,13-14H2,1-2H3,(H,22,23);1H. The summed E-state index contributed by atoms with van der Waals surface area (Å²) >= 11 is 0. The minimum absolute atomic E-state index is 0. The molecule has 1 N–H and O–H groups in total. The Kier molecular flexibility index (Phi) is 6.04. The third-order valence-electron chi connectivity index (χ3n) is 4.69. The molecule has 5 nitrogen and oxygen atoms in total. The molecule has 0 saturated heterocycles. The lowest BCUT2D eigenvalue weighted by Crippen LogP contribution is -2.28. The van der Waals surface area contributed by atoms with Crippen LogP contribution in [0, 0.1) is 0 Å². The molecule has 142 valence electrons. The molecule has 4 rings (SSSR count). The number of nitrogens with one attached hydrogen (secondary N) is 1. The highest BCUT2D eigenvalue weighted by Gasteiger charge is 2.25. The van der Waals surface area contributed by atoms with Gasteiger partial charge in [-0.3, -0.25) is 0 Å². The maximum Gasteiger partial charge on any atom is 0.212 e. The molecule has 0 unspecified atom stereocenters. The summed E-state index contributed by atoms with van der Waals surface area (Å²) in [4.78, 5) is 7.14. The van der Waals surface area contributed by atoms with Gasteiger partial charge in [0.05, 0.1) is 5.52 Å². The van der Waals surface area contributed by atoms with E-state index in [-0.39, 0.29) is 12.4 Å². The van der Waals surface area contributed by atoms with E-state index in [0.29, 0.717) is 11.5 Å². The average molecular weight is 386 g/mol.